The van der Waals surface area contributed by atoms with Gasteiger partial charge in [0.15, 0.2) is 0 Å². The maximum atomic E-state index is 13.0. The molecule has 0 atom stereocenters. The van der Waals surface area contributed by atoms with Crippen molar-refractivity contribution >= 4 is 35.1 Å². The average molecular weight is 588 g/mol. The second-order valence-corrected chi connectivity index (χ2v) is 13.4. The quantitative estimate of drug-likeness (QED) is 0.381. The van der Waals surface area contributed by atoms with Crippen molar-refractivity contribution in [3.63, 3.8) is 0 Å². The van der Waals surface area contributed by atoms with Gasteiger partial charge in [0.05, 0.1) is 0 Å². The number of anilines is 4. The fourth-order valence-electron chi connectivity index (χ4n) is 8.67. The van der Waals surface area contributed by atoms with Crippen LogP contribution in [-0.4, -0.2) is 70.2 Å². The predicted octanol–water partition coefficient (Wildman–Crippen LogP) is 6.25. The van der Waals surface area contributed by atoms with Gasteiger partial charge in [-0.2, -0.15) is 15.0 Å². The molecule has 8 rings (SSSR count). The Hall–Kier alpha value is -2.46. The first-order valence-electron chi connectivity index (χ1n) is 15.4. The van der Waals surface area contributed by atoms with E-state index in [4.69, 9.17) is 26.6 Å². The standard InChI is InChI=1S/C30H40ClF2N7O/c31-30(32,33)41-25-7-5-24(6-8-25)34-26-35-27(38-9-3-1-2-4-10-38)37-28(36-26)39-11-13-40(14-12-39)29-18-21-15-22(19-29)17-23(16-21)20-29/h5-8,21-23H,1-4,9-20H2,(H,34,35,36,37). The molecule has 6 aliphatic rings. The molecule has 0 amide bonds. The normalized spacial score (nSPS) is 30.4. The van der Waals surface area contributed by atoms with Crippen molar-refractivity contribution in [1.82, 2.24) is 19.9 Å². The Bertz CT molecular complexity index is 1180. The van der Waals surface area contributed by atoms with Crippen LogP contribution in [0.15, 0.2) is 24.3 Å². The Kier molecular flexibility index (Phi) is 7.34. The molecule has 4 saturated carbocycles. The van der Waals surface area contributed by atoms with Crippen LogP contribution in [0.2, 0.25) is 0 Å². The SMILES string of the molecule is FC(F)(Cl)Oc1ccc(Nc2nc(N3CCCCCC3)nc(N3CCN(C45CC6CC(CC(C6)C4)C5)CC3)n2)cc1. The topological polar surface area (TPSA) is 69.7 Å². The van der Waals surface area contributed by atoms with E-state index in [1.807, 2.05) is 0 Å². The lowest BCUT2D eigenvalue weighted by Crippen LogP contribution is -2.64. The highest BCUT2D eigenvalue weighted by Crippen LogP contribution is 2.57. The summed E-state index contributed by atoms with van der Waals surface area (Å²) in [5.74, 6) is 4.67. The summed E-state index contributed by atoms with van der Waals surface area (Å²) in [5.41, 5.74) is -2.66. The molecule has 222 valence electrons. The van der Waals surface area contributed by atoms with Crippen LogP contribution in [0.25, 0.3) is 0 Å². The van der Waals surface area contributed by atoms with Gasteiger partial charge in [-0.3, -0.25) is 4.90 Å². The number of nitrogens with zero attached hydrogens (tertiary/aromatic N) is 6. The highest BCUT2D eigenvalue weighted by atomic mass is 35.5. The smallest absolute Gasteiger partial charge is 0.420 e. The van der Waals surface area contributed by atoms with E-state index in [0.717, 1.165) is 69.9 Å². The maximum absolute atomic E-state index is 13.0. The molecule has 6 fully saturated rings. The van der Waals surface area contributed by atoms with Crippen molar-refractivity contribution in [2.45, 2.75) is 75.3 Å². The highest BCUT2D eigenvalue weighted by Gasteiger charge is 2.53. The molecule has 1 N–H and O–H groups in total. The van der Waals surface area contributed by atoms with Crippen molar-refractivity contribution in [2.75, 3.05) is 54.4 Å². The molecule has 0 unspecified atom stereocenters. The third kappa shape index (κ3) is 6.05. The van der Waals surface area contributed by atoms with E-state index < -0.39 is 5.57 Å². The van der Waals surface area contributed by atoms with E-state index in [-0.39, 0.29) is 5.75 Å². The lowest BCUT2D eigenvalue weighted by Gasteiger charge is -2.61. The third-order valence-electron chi connectivity index (χ3n) is 10.1. The Morgan fingerprint density at radius 1 is 0.756 bits per heavy atom. The number of rotatable bonds is 7. The van der Waals surface area contributed by atoms with Gasteiger partial charge in [-0.15, -0.1) is 8.78 Å². The van der Waals surface area contributed by atoms with Crippen LogP contribution in [0.5, 0.6) is 5.75 Å². The minimum Gasteiger partial charge on any atom is -0.420 e. The zero-order valence-corrected chi connectivity index (χ0v) is 24.3. The molecule has 4 bridgehead atoms. The Morgan fingerprint density at radius 2 is 1.29 bits per heavy atom. The number of hydrogen-bond acceptors (Lipinski definition) is 8. The van der Waals surface area contributed by atoms with Gasteiger partial charge < -0.3 is 19.9 Å². The van der Waals surface area contributed by atoms with Crippen molar-refractivity contribution in [1.29, 1.82) is 0 Å². The average Bonchev–Trinajstić information content (AvgIpc) is 3.23. The molecule has 8 nitrogen and oxygen atoms in total. The molecule has 0 spiro atoms. The van der Waals surface area contributed by atoms with E-state index in [1.54, 1.807) is 12.1 Å². The molecule has 3 heterocycles. The summed E-state index contributed by atoms with van der Waals surface area (Å²) in [6.45, 7) is 5.77. The summed E-state index contributed by atoms with van der Waals surface area (Å²) in [6.07, 6.45) is 13.3. The summed E-state index contributed by atoms with van der Waals surface area (Å²) < 4.78 is 30.5. The zero-order valence-electron chi connectivity index (χ0n) is 23.6. The van der Waals surface area contributed by atoms with Gasteiger partial charge in [0, 0.05) is 62.1 Å². The lowest BCUT2D eigenvalue weighted by molar-refractivity contribution is -0.0964. The minimum absolute atomic E-state index is 0.0194. The number of hydrogen-bond donors (Lipinski definition) is 1. The van der Waals surface area contributed by atoms with Crippen LogP contribution in [0.1, 0.15) is 64.2 Å². The number of aromatic nitrogens is 3. The van der Waals surface area contributed by atoms with Crippen molar-refractivity contribution in [2.24, 2.45) is 17.8 Å². The molecular weight excluding hydrogens is 548 g/mol. The molecular formula is C30H40ClF2N7O. The monoisotopic (exact) mass is 587 g/mol. The second-order valence-electron chi connectivity index (χ2n) is 13.0. The Balaban J connectivity index is 1.09. The summed E-state index contributed by atoms with van der Waals surface area (Å²) in [5, 5.41) is 3.26. The van der Waals surface area contributed by atoms with E-state index in [0.29, 0.717) is 29.1 Å². The summed E-state index contributed by atoms with van der Waals surface area (Å²) in [7, 11) is 0. The molecule has 1 aromatic heterocycles. The van der Waals surface area contributed by atoms with E-state index in [2.05, 4.69) is 24.8 Å². The molecule has 4 aliphatic carbocycles. The maximum Gasteiger partial charge on any atom is 0.487 e. The van der Waals surface area contributed by atoms with E-state index >= 15 is 0 Å². The van der Waals surface area contributed by atoms with Crippen molar-refractivity contribution < 1.29 is 13.5 Å². The van der Waals surface area contributed by atoms with Gasteiger partial charge in [-0.1, -0.05) is 12.8 Å². The first-order valence-corrected chi connectivity index (χ1v) is 15.8. The summed E-state index contributed by atoms with van der Waals surface area (Å²) >= 11 is 4.91. The number of nitrogens with one attached hydrogen (secondary N) is 1. The molecule has 41 heavy (non-hydrogen) atoms. The van der Waals surface area contributed by atoms with Gasteiger partial charge in [0.1, 0.15) is 5.75 Å². The van der Waals surface area contributed by atoms with Gasteiger partial charge in [0.25, 0.3) is 0 Å². The van der Waals surface area contributed by atoms with Crippen molar-refractivity contribution in [3.05, 3.63) is 24.3 Å². The van der Waals surface area contributed by atoms with Crippen LogP contribution in [0, 0.1) is 17.8 Å². The second kappa shape index (κ2) is 11.0. The predicted molar refractivity (Wildman–Crippen MR) is 156 cm³/mol. The van der Waals surface area contributed by atoms with Gasteiger partial charge in [-0.05, 0) is 93.4 Å². The first-order chi connectivity index (χ1) is 19.8. The lowest BCUT2D eigenvalue weighted by atomic mass is 9.52. The molecule has 2 aliphatic heterocycles. The van der Waals surface area contributed by atoms with Crippen LogP contribution in [0.3, 0.4) is 0 Å². The van der Waals surface area contributed by atoms with Gasteiger partial charge >= 0.3 is 5.57 Å². The van der Waals surface area contributed by atoms with Crippen LogP contribution in [0.4, 0.5) is 32.3 Å². The minimum atomic E-state index is -3.75. The van der Waals surface area contributed by atoms with Crippen molar-refractivity contribution in [3.8, 4) is 5.75 Å². The van der Waals surface area contributed by atoms with E-state index in [1.165, 1.54) is 63.5 Å². The fourth-order valence-corrected chi connectivity index (χ4v) is 8.75. The molecule has 0 radical (unpaired) electrons. The van der Waals surface area contributed by atoms with Crippen LogP contribution in [-0.2, 0) is 0 Å². The highest BCUT2D eigenvalue weighted by molar-refractivity contribution is 6.20. The molecule has 2 saturated heterocycles. The number of halogens is 3. The number of ether oxygens (including phenoxy) is 1. The van der Waals surface area contributed by atoms with Crippen LogP contribution >= 0.6 is 11.6 Å². The zero-order chi connectivity index (χ0) is 28.0. The third-order valence-corrected chi connectivity index (χ3v) is 10.2. The largest absolute Gasteiger partial charge is 0.487 e. The number of alkyl halides is 3. The summed E-state index contributed by atoms with van der Waals surface area (Å²) in [6, 6.07) is 6.19. The number of piperazine rings is 1. The van der Waals surface area contributed by atoms with E-state index in [9.17, 15) is 8.78 Å². The molecule has 11 heteroatoms. The number of benzene rings is 1. The molecule has 1 aromatic carbocycles. The van der Waals surface area contributed by atoms with Gasteiger partial charge in [-0.25, -0.2) is 0 Å². The summed E-state index contributed by atoms with van der Waals surface area (Å²) in [4.78, 5) is 22.0. The first kappa shape index (κ1) is 27.4. The Labute approximate surface area is 245 Å². The molecule has 2 aromatic rings. The van der Waals surface area contributed by atoms with Gasteiger partial charge in [0.2, 0.25) is 17.8 Å². The fraction of sp³-hybridized carbons (Fsp3) is 0.700. The Morgan fingerprint density at radius 3 is 1.83 bits per heavy atom. The van der Waals surface area contributed by atoms with Crippen LogP contribution < -0.4 is 19.9 Å².